The molecule has 0 N–H and O–H groups in total. The van der Waals surface area contributed by atoms with Gasteiger partial charge in [-0.15, -0.1) is 11.6 Å². The zero-order chi connectivity index (χ0) is 10.9. The molecule has 1 saturated carbocycles. The van der Waals surface area contributed by atoms with Gasteiger partial charge in [0.1, 0.15) is 0 Å². The fourth-order valence-corrected chi connectivity index (χ4v) is 2.10. The van der Waals surface area contributed by atoms with Crippen LogP contribution in [0.3, 0.4) is 0 Å². The fraction of sp³-hybridized carbons (Fsp3) is 1.00. The van der Waals surface area contributed by atoms with Crippen molar-refractivity contribution in [2.24, 2.45) is 0 Å². The molecule has 0 bridgehead atoms. The molecular formula is C11H21ClO3. The monoisotopic (exact) mass is 236 g/mol. The van der Waals surface area contributed by atoms with Gasteiger partial charge in [0, 0.05) is 7.11 Å². The Labute approximate surface area is 97.0 Å². The third-order valence-electron chi connectivity index (χ3n) is 2.61. The summed E-state index contributed by atoms with van der Waals surface area (Å²) < 4.78 is 15.9. The predicted molar refractivity (Wildman–Crippen MR) is 60.5 cm³/mol. The zero-order valence-corrected chi connectivity index (χ0v) is 10.2. The molecule has 1 aliphatic rings. The van der Waals surface area contributed by atoms with Crippen molar-refractivity contribution in [3.8, 4) is 0 Å². The molecule has 1 aliphatic carbocycles. The Morgan fingerprint density at radius 3 is 2.53 bits per heavy atom. The van der Waals surface area contributed by atoms with Crippen molar-refractivity contribution in [3.05, 3.63) is 0 Å². The molecule has 0 aromatic rings. The number of hydrogen-bond acceptors (Lipinski definition) is 3. The van der Waals surface area contributed by atoms with E-state index in [1.165, 1.54) is 12.8 Å². The van der Waals surface area contributed by atoms with Crippen LogP contribution >= 0.6 is 11.6 Å². The largest absolute Gasteiger partial charge is 0.382 e. The SMILES string of the molecule is COCCOCCOC1CCCCC1Cl. The van der Waals surface area contributed by atoms with E-state index in [0.717, 1.165) is 12.8 Å². The molecule has 0 amide bonds. The molecule has 0 aromatic heterocycles. The molecule has 15 heavy (non-hydrogen) atoms. The lowest BCUT2D eigenvalue weighted by Gasteiger charge is -2.26. The first-order valence-corrected chi connectivity index (χ1v) is 6.10. The average molecular weight is 237 g/mol. The Morgan fingerprint density at radius 1 is 1.07 bits per heavy atom. The van der Waals surface area contributed by atoms with Gasteiger partial charge < -0.3 is 14.2 Å². The van der Waals surface area contributed by atoms with Crippen molar-refractivity contribution in [1.82, 2.24) is 0 Å². The maximum atomic E-state index is 6.16. The van der Waals surface area contributed by atoms with Crippen LogP contribution in [-0.4, -0.2) is 45.0 Å². The molecule has 1 rings (SSSR count). The molecule has 3 nitrogen and oxygen atoms in total. The molecule has 1 fully saturated rings. The van der Waals surface area contributed by atoms with Gasteiger partial charge in [0.25, 0.3) is 0 Å². The summed E-state index contributed by atoms with van der Waals surface area (Å²) in [4.78, 5) is 0. The third kappa shape index (κ3) is 5.71. The Bertz CT molecular complexity index is 155. The Morgan fingerprint density at radius 2 is 1.80 bits per heavy atom. The van der Waals surface area contributed by atoms with Crippen LogP contribution < -0.4 is 0 Å². The number of alkyl halides is 1. The second-order valence-electron chi connectivity index (χ2n) is 3.81. The van der Waals surface area contributed by atoms with Crippen molar-refractivity contribution in [2.45, 2.75) is 37.2 Å². The van der Waals surface area contributed by atoms with E-state index in [-0.39, 0.29) is 11.5 Å². The number of rotatable bonds is 7. The van der Waals surface area contributed by atoms with E-state index >= 15 is 0 Å². The van der Waals surface area contributed by atoms with Gasteiger partial charge in [0.15, 0.2) is 0 Å². The minimum Gasteiger partial charge on any atom is -0.382 e. The third-order valence-corrected chi connectivity index (χ3v) is 3.11. The molecule has 4 heteroatoms. The first-order valence-electron chi connectivity index (χ1n) is 5.67. The average Bonchev–Trinajstić information content (AvgIpc) is 2.25. The zero-order valence-electron chi connectivity index (χ0n) is 9.41. The van der Waals surface area contributed by atoms with Gasteiger partial charge in [-0.2, -0.15) is 0 Å². The molecule has 90 valence electrons. The van der Waals surface area contributed by atoms with E-state index in [4.69, 9.17) is 25.8 Å². The van der Waals surface area contributed by atoms with Gasteiger partial charge in [-0.3, -0.25) is 0 Å². The van der Waals surface area contributed by atoms with Crippen molar-refractivity contribution in [2.75, 3.05) is 33.5 Å². The molecule has 0 saturated heterocycles. The summed E-state index contributed by atoms with van der Waals surface area (Å²) in [5.74, 6) is 0. The van der Waals surface area contributed by atoms with Crippen molar-refractivity contribution < 1.29 is 14.2 Å². The molecule has 0 aliphatic heterocycles. The van der Waals surface area contributed by atoms with Crippen LogP contribution in [0.2, 0.25) is 0 Å². The van der Waals surface area contributed by atoms with E-state index in [1.807, 2.05) is 0 Å². The van der Waals surface area contributed by atoms with E-state index < -0.39 is 0 Å². The molecule has 0 spiro atoms. The van der Waals surface area contributed by atoms with Gasteiger partial charge in [-0.05, 0) is 12.8 Å². The van der Waals surface area contributed by atoms with Gasteiger partial charge in [0.05, 0.1) is 37.9 Å². The number of halogens is 1. The minimum atomic E-state index is 0.192. The Hall–Kier alpha value is 0.170. The lowest BCUT2D eigenvalue weighted by atomic mass is 9.97. The molecule has 0 aromatic carbocycles. The minimum absolute atomic E-state index is 0.192. The van der Waals surface area contributed by atoms with E-state index in [2.05, 4.69) is 0 Å². The van der Waals surface area contributed by atoms with Crippen LogP contribution in [-0.2, 0) is 14.2 Å². The smallest absolute Gasteiger partial charge is 0.0739 e. The number of hydrogen-bond donors (Lipinski definition) is 0. The summed E-state index contributed by atoms with van der Waals surface area (Å²) in [5, 5.41) is 0.192. The van der Waals surface area contributed by atoms with Gasteiger partial charge >= 0.3 is 0 Å². The van der Waals surface area contributed by atoms with Crippen LogP contribution in [0.15, 0.2) is 0 Å². The van der Waals surface area contributed by atoms with Crippen molar-refractivity contribution >= 4 is 11.6 Å². The summed E-state index contributed by atoms with van der Waals surface area (Å²) in [6.45, 7) is 2.54. The second-order valence-corrected chi connectivity index (χ2v) is 4.38. The van der Waals surface area contributed by atoms with Gasteiger partial charge in [-0.25, -0.2) is 0 Å². The highest BCUT2D eigenvalue weighted by Gasteiger charge is 2.23. The van der Waals surface area contributed by atoms with Crippen molar-refractivity contribution in [1.29, 1.82) is 0 Å². The highest BCUT2D eigenvalue weighted by molar-refractivity contribution is 6.21. The molecule has 2 atom stereocenters. The summed E-state index contributed by atoms with van der Waals surface area (Å²) in [5.41, 5.74) is 0. The highest BCUT2D eigenvalue weighted by Crippen LogP contribution is 2.25. The van der Waals surface area contributed by atoms with Crippen LogP contribution in [0.25, 0.3) is 0 Å². The first kappa shape index (κ1) is 13.2. The number of ether oxygens (including phenoxy) is 3. The Kier molecular flexibility index (Phi) is 7.36. The molecule has 0 radical (unpaired) electrons. The van der Waals surface area contributed by atoms with E-state index in [0.29, 0.717) is 26.4 Å². The molecular weight excluding hydrogens is 216 g/mol. The summed E-state index contributed by atoms with van der Waals surface area (Å²) in [6.07, 6.45) is 4.87. The van der Waals surface area contributed by atoms with Crippen LogP contribution in [0, 0.1) is 0 Å². The quantitative estimate of drug-likeness (QED) is 0.501. The van der Waals surface area contributed by atoms with E-state index in [9.17, 15) is 0 Å². The number of methoxy groups -OCH3 is 1. The lowest BCUT2D eigenvalue weighted by Crippen LogP contribution is -2.29. The standard InChI is InChI=1S/C11H21ClO3/c1-13-6-7-14-8-9-15-11-5-3-2-4-10(11)12/h10-11H,2-9H2,1H3. The highest BCUT2D eigenvalue weighted by atomic mass is 35.5. The molecule has 2 unspecified atom stereocenters. The van der Waals surface area contributed by atoms with Gasteiger partial charge in [-0.1, -0.05) is 12.8 Å². The predicted octanol–water partition coefficient (Wildman–Crippen LogP) is 2.22. The normalized spacial score (nSPS) is 26.8. The van der Waals surface area contributed by atoms with Crippen LogP contribution in [0.1, 0.15) is 25.7 Å². The van der Waals surface area contributed by atoms with Crippen LogP contribution in [0.4, 0.5) is 0 Å². The van der Waals surface area contributed by atoms with E-state index in [1.54, 1.807) is 7.11 Å². The maximum Gasteiger partial charge on any atom is 0.0739 e. The molecule has 0 heterocycles. The summed E-state index contributed by atoms with van der Waals surface area (Å²) >= 11 is 6.16. The lowest BCUT2D eigenvalue weighted by molar-refractivity contribution is -0.0165. The Balaban J connectivity index is 1.94. The summed E-state index contributed by atoms with van der Waals surface area (Å²) in [6, 6.07) is 0. The van der Waals surface area contributed by atoms with Crippen molar-refractivity contribution in [3.63, 3.8) is 0 Å². The fourth-order valence-electron chi connectivity index (χ4n) is 1.74. The topological polar surface area (TPSA) is 27.7 Å². The van der Waals surface area contributed by atoms with Crippen LogP contribution in [0.5, 0.6) is 0 Å². The second kappa shape index (κ2) is 8.34. The maximum absolute atomic E-state index is 6.16. The first-order chi connectivity index (χ1) is 7.34. The summed E-state index contributed by atoms with van der Waals surface area (Å²) in [7, 11) is 1.67. The van der Waals surface area contributed by atoms with Gasteiger partial charge in [0.2, 0.25) is 0 Å².